The molecule has 3 rings (SSSR count). The summed E-state index contributed by atoms with van der Waals surface area (Å²) in [4.78, 5) is 31.0. The third-order valence-electron chi connectivity index (χ3n) is 4.60. The van der Waals surface area contributed by atoms with Crippen molar-refractivity contribution in [2.75, 3.05) is 0 Å². The zero-order valence-corrected chi connectivity index (χ0v) is 16.2. The second-order valence-electron chi connectivity index (χ2n) is 6.74. The molecule has 0 amide bonds. The van der Waals surface area contributed by atoms with E-state index >= 15 is 0 Å². The fourth-order valence-corrected chi connectivity index (χ4v) is 4.08. The highest BCUT2D eigenvalue weighted by molar-refractivity contribution is 7.99. The second-order valence-corrected chi connectivity index (χ2v) is 7.89. The van der Waals surface area contributed by atoms with Crippen LogP contribution in [0.15, 0.2) is 69.5 Å². The quantitative estimate of drug-likeness (QED) is 0.274. The van der Waals surface area contributed by atoms with Crippen LogP contribution in [0.2, 0.25) is 0 Å². The number of ketones is 1. The van der Waals surface area contributed by atoms with E-state index in [1.54, 1.807) is 11.8 Å². The van der Waals surface area contributed by atoms with Crippen LogP contribution in [0.1, 0.15) is 49.4 Å². The number of hydrogen-bond donors (Lipinski definition) is 0. The molecule has 2 aromatic carbocycles. The van der Waals surface area contributed by atoms with Crippen molar-refractivity contribution in [1.82, 2.24) is 0 Å². The van der Waals surface area contributed by atoms with Gasteiger partial charge in [0.1, 0.15) is 5.71 Å². The van der Waals surface area contributed by atoms with E-state index in [1.807, 2.05) is 42.5 Å². The van der Waals surface area contributed by atoms with Crippen molar-refractivity contribution in [3.05, 3.63) is 60.2 Å². The lowest BCUT2D eigenvalue weighted by molar-refractivity contribution is -0.140. The fraction of sp³-hybridized carbons (Fsp3) is 0.318. The van der Waals surface area contributed by atoms with E-state index in [2.05, 4.69) is 17.3 Å². The average Bonchev–Trinajstić information content (AvgIpc) is 3.19. The van der Waals surface area contributed by atoms with E-state index in [0.29, 0.717) is 23.6 Å². The summed E-state index contributed by atoms with van der Waals surface area (Å²) < 4.78 is 0. The van der Waals surface area contributed by atoms with Crippen LogP contribution in [0.25, 0.3) is 0 Å². The molecule has 1 aliphatic carbocycles. The molecule has 0 unspecified atom stereocenters. The van der Waals surface area contributed by atoms with Crippen molar-refractivity contribution in [3.63, 3.8) is 0 Å². The third-order valence-corrected chi connectivity index (χ3v) is 5.61. The minimum absolute atomic E-state index is 0.167. The van der Waals surface area contributed by atoms with Crippen LogP contribution >= 0.6 is 11.8 Å². The molecule has 27 heavy (non-hydrogen) atoms. The molecule has 1 saturated carbocycles. The van der Waals surface area contributed by atoms with Crippen LogP contribution in [-0.4, -0.2) is 17.5 Å². The van der Waals surface area contributed by atoms with Crippen molar-refractivity contribution in [1.29, 1.82) is 0 Å². The van der Waals surface area contributed by atoms with Crippen LogP contribution in [0.3, 0.4) is 0 Å². The number of rotatable bonds is 7. The summed E-state index contributed by atoms with van der Waals surface area (Å²) in [7, 11) is 0. The van der Waals surface area contributed by atoms with Gasteiger partial charge in [-0.3, -0.25) is 4.79 Å². The minimum Gasteiger partial charge on any atom is -0.318 e. The lowest BCUT2D eigenvalue weighted by atomic mass is 9.96. The lowest BCUT2D eigenvalue weighted by Gasteiger charge is -2.11. The summed E-state index contributed by atoms with van der Waals surface area (Å²) >= 11 is 1.65. The fourth-order valence-electron chi connectivity index (χ4n) is 3.24. The Morgan fingerprint density at radius 1 is 1.00 bits per heavy atom. The maximum Gasteiger partial charge on any atom is 0.331 e. The number of carbonyl (C=O) groups is 2. The number of Topliss-reactive ketones (excluding diaryl/α,β-unsaturated/α-hetero) is 1. The van der Waals surface area contributed by atoms with E-state index in [-0.39, 0.29) is 5.78 Å². The van der Waals surface area contributed by atoms with E-state index in [0.717, 1.165) is 22.6 Å². The maximum atomic E-state index is 12.9. The van der Waals surface area contributed by atoms with Gasteiger partial charge in [0.2, 0.25) is 5.78 Å². The largest absolute Gasteiger partial charge is 0.331 e. The Morgan fingerprint density at radius 3 is 2.26 bits per heavy atom. The van der Waals surface area contributed by atoms with Gasteiger partial charge in [0, 0.05) is 22.3 Å². The van der Waals surface area contributed by atoms with Crippen molar-refractivity contribution in [2.24, 2.45) is 11.1 Å². The van der Waals surface area contributed by atoms with Crippen LogP contribution in [-0.2, 0) is 9.63 Å². The summed E-state index contributed by atoms with van der Waals surface area (Å²) in [5.41, 5.74) is 0.900. The second kappa shape index (κ2) is 9.51. The zero-order chi connectivity index (χ0) is 19.1. The highest BCUT2D eigenvalue weighted by Crippen LogP contribution is 2.30. The van der Waals surface area contributed by atoms with Gasteiger partial charge in [-0.2, -0.15) is 0 Å². The van der Waals surface area contributed by atoms with Gasteiger partial charge < -0.3 is 4.84 Å². The lowest BCUT2D eigenvalue weighted by Crippen LogP contribution is -2.18. The molecule has 2 aromatic rings. The molecular formula is C22H23NO3S. The summed E-state index contributed by atoms with van der Waals surface area (Å²) in [5.74, 6) is -0.239. The van der Waals surface area contributed by atoms with E-state index in [4.69, 9.17) is 4.84 Å². The van der Waals surface area contributed by atoms with Gasteiger partial charge >= 0.3 is 5.97 Å². The van der Waals surface area contributed by atoms with Gasteiger partial charge in [0.25, 0.3) is 0 Å². The molecule has 0 saturated heterocycles. The number of hydrogen-bond acceptors (Lipinski definition) is 5. The smallest absolute Gasteiger partial charge is 0.318 e. The number of benzene rings is 2. The first kappa shape index (κ1) is 19.4. The first-order valence-corrected chi connectivity index (χ1v) is 10.1. The summed E-state index contributed by atoms with van der Waals surface area (Å²) in [6.45, 7) is 1.29. The van der Waals surface area contributed by atoms with Crippen molar-refractivity contribution < 1.29 is 14.4 Å². The van der Waals surface area contributed by atoms with Crippen LogP contribution in [0.5, 0.6) is 0 Å². The van der Waals surface area contributed by atoms with E-state index in [9.17, 15) is 9.59 Å². The Balaban J connectivity index is 1.72. The molecule has 0 aromatic heterocycles. The van der Waals surface area contributed by atoms with Gasteiger partial charge in [-0.1, -0.05) is 60.8 Å². The van der Waals surface area contributed by atoms with Crippen molar-refractivity contribution >= 4 is 29.2 Å². The molecule has 0 N–H and O–H groups in total. The molecule has 1 aliphatic rings. The minimum atomic E-state index is -0.513. The van der Waals surface area contributed by atoms with Crippen molar-refractivity contribution in [3.8, 4) is 0 Å². The van der Waals surface area contributed by atoms with Crippen LogP contribution in [0, 0.1) is 5.92 Å². The van der Waals surface area contributed by atoms with Crippen LogP contribution < -0.4 is 0 Å². The highest BCUT2D eigenvalue weighted by atomic mass is 32.2. The molecule has 0 bridgehead atoms. The van der Waals surface area contributed by atoms with Gasteiger partial charge in [-0.05, 0) is 48.7 Å². The van der Waals surface area contributed by atoms with Gasteiger partial charge in [0.15, 0.2) is 0 Å². The normalized spacial score (nSPS) is 14.9. The predicted molar refractivity (Wildman–Crippen MR) is 107 cm³/mol. The number of nitrogens with zero attached hydrogens (tertiary/aromatic N) is 1. The van der Waals surface area contributed by atoms with Gasteiger partial charge in [-0.15, -0.1) is 0 Å². The highest BCUT2D eigenvalue weighted by Gasteiger charge is 2.23. The summed E-state index contributed by atoms with van der Waals surface area (Å²) in [6, 6.07) is 17.6. The number of oxime groups is 1. The Hall–Kier alpha value is -2.40. The predicted octanol–water partition coefficient (Wildman–Crippen LogP) is 5.52. The van der Waals surface area contributed by atoms with E-state index in [1.165, 1.54) is 19.8 Å². The Labute approximate surface area is 164 Å². The molecule has 5 heteroatoms. The zero-order valence-electron chi connectivity index (χ0n) is 15.4. The topological polar surface area (TPSA) is 55.7 Å². The molecule has 4 nitrogen and oxygen atoms in total. The standard InChI is InChI=1S/C22H23NO3S/c1-16(24)26-23-21(15-17-7-5-6-8-17)22(25)18-11-13-20(14-12-18)27-19-9-3-2-4-10-19/h2-4,9-14,17H,5-8,15H2,1H3/b23-21-. The van der Waals surface area contributed by atoms with Crippen molar-refractivity contribution in [2.45, 2.75) is 48.8 Å². The number of carbonyl (C=O) groups excluding carboxylic acids is 2. The first-order valence-electron chi connectivity index (χ1n) is 9.24. The Bertz CT molecular complexity index is 809. The van der Waals surface area contributed by atoms with Gasteiger partial charge in [-0.25, -0.2) is 4.79 Å². The first-order chi connectivity index (χ1) is 13.1. The third kappa shape index (κ3) is 5.79. The van der Waals surface area contributed by atoms with Gasteiger partial charge in [0.05, 0.1) is 0 Å². The SMILES string of the molecule is CC(=O)O/N=C(/CC1CCCC1)C(=O)c1ccc(Sc2ccccc2)cc1. The molecular weight excluding hydrogens is 358 g/mol. The molecule has 0 heterocycles. The Kier molecular flexibility index (Phi) is 6.82. The molecule has 0 spiro atoms. The molecule has 0 aliphatic heterocycles. The summed E-state index contributed by atoms with van der Waals surface area (Å²) in [6.07, 6.45) is 5.13. The summed E-state index contributed by atoms with van der Waals surface area (Å²) in [5, 5.41) is 3.87. The monoisotopic (exact) mass is 381 g/mol. The Morgan fingerprint density at radius 2 is 1.63 bits per heavy atom. The van der Waals surface area contributed by atoms with E-state index < -0.39 is 5.97 Å². The van der Waals surface area contributed by atoms with Crippen LogP contribution in [0.4, 0.5) is 0 Å². The maximum absolute atomic E-state index is 12.9. The molecule has 140 valence electrons. The molecule has 0 radical (unpaired) electrons. The molecule has 0 atom stereocenters. The molecule has 1 fully saturated rings. The average molecular weight is 381 g/mol.